The number of aromatic nitrogens is 2. The van der Waals surface area contributed by atoms with Gasteiger partial charge in [-0.3, -0.25) is 0 Å². The molecule has 0 saturated carbocycles. The van der Waals surface area contributed by atoms with Crippen molar-refractivity contribution in [3.63, 3.8) is 0 Å². The Morgan fingerprint density at radius 1 is 1.21 bits per heavy atom. The molecule has 0 radical (unpaired) electrons. The van der Waals surface area contributed by atoms with Gasteiger partial charge in [-0.25, -0.2) is 9.97 Å². The van der Waals surface area contributed by atoms with Crippen LogP contribution >= 0.6 is 23.5 Å². The Morgan fingerprint density at radius 3 is 2.53 bits per heavy atom. The maximum Gasteiger partial charge on any atom is 0.142 e. The second-order valence-corrected chi connectivity index (χ2v) is 7.30. The van der Waals surface area contributed by atoms with Gasteiger partial charge in [-0.2, -0.15) is 11.8 Å². The maximum absolute atomic E-state index is 4.75. The first kappa shape index (κ1) is 15.1. The van der Waals surface area contributed by atoms with Crippen LogP contribution in [0.3, 0.4) is 0 Å². The van der Waals surface area contributed by atoms with Crippen LogP contribution in [0.15, 0.2) is 0 Å². The van der Waals surface area contributed by atoms with Gasteiger partial charge in [-0.1, -0.05) is 6.92 Å². The highest BCUT2D eigenvalue weighted by atomic mass is 32.2. The summed E-state index contributed by atoms with van der Waals surface area (Å²) < 4.78 is 0. The molecule has 1 unspecified atom stereocenters. The minimum atomic E-state index is 0.480. The molecular weight excluding hydrogens is 274 g/mol. The van der Waals surface area contributed by atoms with Gasteiger partial charge >= 0.3 is 0 Å². The molecule has 0 amide bonds. The smallest absolute Gasteiger partial charge is 0.142 e. The maximum atomic E-state index is 4.75. The third-order valence-electron chi connectivity index (χ3n) is 3.27. The number of hydrogen-bond acceptors (Lipinski definition) is 5. The Balaban J connectivity index is 2.11. The lowest BCUT2D eigenvalue weighted by Crippen LogP contribution is -2.18. The van der Waals surface area contributed by atoms with Gasteiger partial charge in [0.2, 0.25) is 0 Å². The third-order valence-corrected chi connectivity index (χ3v) is 6.02. The Morgan fingerprint density at radius 2 is 1.95 bits per heavy atom. The molecule has 106 valence electrons. The summed E-state index contributed by atoms with van der Waals surface area (Å²) in [6, 6.07) is 0. The van der Waals surface area contributed by atoms with Gasteiger partial charge in [-0.05, 0) is 26.8 Å². The SMILES string of the molecule is CCCNCc1c(C)nc(C2CSCCS2)nc1C. The van der Waals surface area contributed by atoms with Gasteiger partial charge in [0.1, 0.15) is 5.82 Å². The van der Waals surface area contributed by atoms with E-state index in [-0.39, 0.29) is 0 Å². The molecule has 1 N–H and O–H groups in total. The van der Waals surface area contributed by atoms with Crippen molar-refractivity contribution in [2.45, 2.75) is 39.0 Å². The Labute approximate surface area is 124 Å². The molecule has 5 heteroatoms. The average Bonchev–Trinajstić information content (AvgIpc) is 2.43. The van der Waals surface area contributed by atoms with E-state index < -0.39 is 0 Å². The van der Waals surface area contributed by atoms with E-state index in [1.807, 2.05) is 23.5 Å². The Hall–Kier alpha value is -0.260. The molecule has 1 aliphatic heterocycles. The highest BCUT2D eigenvalue weighted by molar-refractivity contribution is 8.06. The van der Waals surface area contributed by atoms with Crippen LogP contribution in [0.2, 0.25) is 0 Å². The van der Waals surface area contributed by atoms with E-state index in [2.05, 4.69) is 26.1 Å². The predicted octanol–water partition coefficient (Wildman–Crippen LogP) is 3.11. The van der Waals surface area contributed by atoms with E-state index >= 15 is 0 Å². The second kappa shape index (κ2) is 7.50. The number of rotatable bonds is 5. The lowest BCUT2D eigenvalue weighted by Gasteiger charge is -2.21. The zero-order valence-electron chi connectivity index (χ0n) is 12.0. The van der Waals surface area contributed by atoms with Crippen LogP contribution in [0.1, 0.15) is 41.4 Å². The summed E-state index contributed by atoms with van der Waals surface area (Å²) in [5.41, 5.74) is 3.55. The molecule has 2 rings (SSSR count). The fourth-order valence-corrected chi connectivity index (χ4v) is 4.79. The minimum absolute atomic E-state index is 0.480. The molecule has 1 aliphatic rings. The molecule has 0 bridgehead atoms. The zero-order chi connectivity index (χ0) is 13.7. The number of nitrogens with one attached hydrogen (secondary N) is 1. The van der Waals surface area contributed by atoms with Crippen molar-refractivity contribution in [2.24, 2.45) is 0 Å². The molecule has 0 aliphatic carbocycles. The summed E-state index contributed by atoms with van der Waals surface area (Å²) in [5.74, 6) is 4.66. The van der Waals surface area contributed by atoms with Gasteiger partial charge in [0.05, 0.1) is 5.25 Å². The number of hydrogen-bond donors (Lipinski definition) is 1. The predicted molar refractivity (Wildman–Crippen MR) is 86.0 cm³/mol. The number of aryl methyl sites for hydroxylation is 2. The first-order valence-corrected chi connectivity index (χ1v) is 9.16. The van der Waals surface area contributed by atoms with Crippen LogP contribution in [-0.2, 0) is 6.54 Å². The van der Waals surface area contributed by atoms with Gasteiger partial charge in [0.15, 0.2) is 0 Å². The first-order valence-electron chi connectivity index (χ1n) is 6.96. The molecule has 0 aromatic carbocycles. The molecule has 3 nitrogen and oxygen atoms in total. The summed E-state index contributed by atoms with van der Waals surface area (Å²) >= 11 is 4.02. The molecule has 19 heavy (non-hydrogen) atoms. The normalized spacial score (nSPS) is 19.6. The van der Waals surface area contributed by atoms with Gasteiger partial charge in [0, 0.05) is 40.8 Å². The fraction of sp³-hybridized carbons (Fsp3) is 0.714. The molecular formula is C14H23N3S2. The van der Waals surface area contributed by atoms with Crippen LogP contribution in [0.25, 0.3) is 0 Å². The summed E-state index contributed by atoms with van der Waals surface area (Å²) in [6.07, 6.45) is 1.16. The van der Waals surface area contributed by atoms with Crippen molar-refractivity contribution >= 4 is 23.5 Å². The molecule has 1 aromatic rings. The van der Waals surface area contributed by atoms with Crippen molar-refractivity contribution in [1.29, 1.82) is 0 Å². The summed E-state index contributed by atoms with van der Waals surface area (Å²) in [5, 5.41) is 3.92. The quantitative estimate of drug-likeness (QED) is 0.845. The van der Waals surface area contributed by atoms with Crippen molar-refractivity contribution in [1.82, 2.24) is 15.3 Å². The molecule has 1 fully saturated rings. The topological polar surface area (TPSA) is 37.8 Å². The van der Waals surface area contributed by atoms with Crippen molar-refractivity contribution < 1.29 is 0 Å². The van der Waals surface area contributed by atoms with Crippen LogP contribution in [-0.4, -0.2) is 33.8 Å². The summed E-state index contributed by atoms with van der Waals surface area (Å²) in [7, 11) is 0. The van der Waals surface area contributed by atoms with Crippen LogP contribution < -0.4 is 5.32 Å². The third kappa shape index (κ3) is 4.10. The van der Waals surface area contributed by atoms with E-state index in [4.69, 9.17) is 9.97 Å². The monoisotopic (exact) mass is 297 g/mol. The Kier molecular flexibility index (Phi) is 5.98. The molecule has 0 spiro atoms. The lowest BCUT2D eigenvalue weighted by molar-refractivity contribution is 0.662. The van der Waals surface area contributed by atoms with Gasteiger partial charge in [0.25, 0.3) is 0 Å². The highest BCUT2D eigenvalue weighted by Gasteiger charge is 2.20. The van der Waals surface area contributed by atoms with E-state index in [9.17, 15) is 0 Å². The van der Waals surface area contributed by atoms with Gasteiger partial charge < -0.3 is 5.32 Å². The summed E-state index contributed by atoms with van der Waals surface area (Å²) in [4.78, 5) is 9.50. The average molecular weight is 297 g/mol. The van der Waals surface area contributed by atoms with Crippen LogP contribution in [0.4, 0.5) is 0 Å². The van der Waals surface area contributed by atoms with E-state index in [0.717, 1.165) is 42.5 Å². The number of nitrogens with zero attached hydrogens (tertiary/aromatic N) is 2. The molecule has 1 saturated heterocycles. The first-order chi connectivity index (χ1) is 9.22. The molecule has 1 aromatic heterocycles. The van der Waals surface area contributed by atoms with Crippen LogP contribution in [0, 0.1) is 13.8 Å². The second-order valence-electron chi connectivity index (χ2n) is 4.84. The lowest BCUT2D eigenvalue weighted by atomic mass is 10.1. The van der Waals surface area contributed by atoms with E-state index in [0.29, 0.717) is 5.25 Å². The molecule has 2 heterocycles. The van der Waals surface area contributed by atoms with Gasteiger partial charge in [-0.15, -0.1) is 11.8 Å². The zero-order valence-corrected chi connectivity index (χ0v) is 13.7. The van der Waals surface area contributed by atoms with Crippen LogP contribution in [0.5, 0.6) is 0 Å². The standard InChI is InChI=1S/C14H23N3S2/c1-4-5-15-8-12-10(2)16-14(17-11(12)3)13-9-18-6-7-19-13/h13,15H,4-9H2,1-3H3. The molecule has 1 atom stereocenters. The van der Waals surface area contributed by atoms with Crippen molar-refractivity contribution in [3.05, 3.63) is 22.8 Å². The Bertz CT molecular complexity index is 394. The number of thioether (sulfide) groups is 2. The van der Waals surface area contributed by atoms with E-state index in [1.54, 1.807) is 0 Å². The summed E-state index contributed by atoms with van der Waals surface area (Å²) in [6.45, 7) is 8.35. The fourth-order valence-electron chi connectivity index (χ4n) is 2.19. The van der Waals surface area contributed by atoms with Crippen molar-refractivity contribution in [2.75, 3.05) is 23.8 Å². The minimum Gasteiger partial charge on any atom is -0.313 e. The highest BCUT2D eigenvalue weighted by Crippen LogP contribution is 2.35. The largest absolute Gasteiger partial charge is 0.313 e. The van der Waals surface area contributed by atoms with E-state index in [1.165, 1.54) is 17.1 Å². The van der Waals surface area contributed by atoms with Crippen molar-refractivity contribution in [3.8, 4) is 0 Å².